The fourth-order valence-electron chi connectivity index (χ4n) is 1.96. The molecule has 1 amide bonds. The van der Waals surface area contributed by atoms with Crippen LogP contribution in [0.15, 0.2) is 12.1 Å². The molecule has 0 heterocycles. The zero-order chi connectivity index (χ0) is 16.2. The molecule has 0 fully saturated rings. The lowest BCUT2D eigenvalue weighted by molar-refractivity contribution is -0.148. The van der Waals surface area contributed by atoms with E-state index in [-0.39, 0.29) is 5.91 Å². The summed E-state index contributed by atoms with van der Waals surface area (Å²) in [5.74, 6) is -0.477. The molecular weight excluding hydrogens is 278 g/mol. The normalized spacial score (nSPS) is 11.5. The molecule has 0 aromatic heterocycles. The van der Waals surface area contributed by atoms with Gasteiger partial charge in [-0.1, -0.05) is 0 Å². The highest BCUT2D eigenvalue weighted by molar-refractivity contribution is 5.84. The van der Waals surface area contributed by atoms with E-state index in [0.717, 1.165) is 4.90 Å². The second kappa shape index (κ2) is 6.83. The topological polar surface area (TPSA) is 85.3 Å². The Labute approximate surface area is 123 Å². The van der Waals surface area contributed by atoms with Crippen molar-refractivity contribution in [1.82, 2.24) is 4.90 Å². The van der Waals surface area contributed by atoms with Gasteiger partial charge in [0, 0.05) is 25.6 Å². The number of amides is 1. The number of carbonyl (C=O) groups is 2. The number of likely N-dealkylation sites (N-methyl/N-ethyl adjacent to an activating group) is 1. The zero-order valence-electron chi connectivity index (χ0n) is 12.7. The van der Waals surface area contributed by atoms with E-state index in [1.807, 2.05) is 0 Å². The fourth-order valence-corrected chi connectivity index (χ4v) is 1.96. The van der Waals surface area contributed by atoms with Crippen LogP contribution >= 0.6 is 0 Å². The molecule has 7 heteroatoms. The van der Waals surface area contributed by atoms with E-state index in [2.05, 4.69) is 0 Å². The van der Waals surface area contributed by atoms with Crippen molar-refractivity contribution < 1.29 is 28.9 Å². The van der Waals surface area contributed by atoms with Crippen LogP contribution in [0, 0.1) is 0 Å². The Bertz CT molecular complexity index is 543. The average molecular weight is 297 g/mol. The van der Waals surface area contributed by atoms with Gasteiger partial charge in [0.25, 0.3) is 0 Å². The molecule has 116 valence electrons. The largest absolute Gasteiger partial charge is 0.496 e. The monoisotopic (exact) mass is 297 g/mol. The third-order valence-electron chi connectivity index (χ3n) is 3.15. The van der Waals surface area contributed by atoms with Crippen LogP contribution in [0.25, 0.3) is 0 Å². The maximum absolute atomic E-state index is 11.5. The quantitative estimate of drug-likeness (QED) is 0.852. The predicted molar refractivity (Wildman–Crippen MR) is 74.9 cm³/mol. The first-order valence-electron chi connectivity index (χ1n) is 6.13. The van der Waals surface area contributed by atoms with Gasteiger partial charge in [-0.25, -0.2) is 4.79 Å². The molecule has 21 heavy (non-hydrogen) atoms. The van der Waals surface area contributed by atoms with E-state index in [9.17, 15) is 14.7 Å². The van der Waals surface area contributed by atoms with Crippen molar-refractivity contribution >= 4 is 11.9 Å². The molecule has 0 bridgehead atoms. The number of benzene rings is 1. The summed E-state index contributed by atoms with van der Waals surface area (Å²) >= 11 is 0. The lowest BCUT2D eigenvalue weighted by Gasteiger charge is -2.26. The van der Waals surface area contributed by atoms with Gasteiger partial charge >= 0.3 is 5.97 Å². The molecule has 0 aliphatic heterocycles. The lowest BCUT2D eigenvalue weighted by Crippen LogP contribution is -2.34. The Kier molecular flexibility index (Phi) is 5.40. The van der Waals surface area contributed by atoms with Gasteiger partial charge in [0.1, 0.15) is 5.75 Å². The first-order valence-corrected chi connectivity index (χ1v) is 6.13. The third kappa shape index (κ3) is 3.36. The molecule has 1 unspecified atom stereocenters. The fraction of sp³-hybridized carbons (Fsp3) is 0.429. The summed E-state index contributed by atoms with van der Waals surface area (Å²) in [6, 6.07) is 1.84. The minimum absolute atomic E-state index is 0.299. The molecular formula is C14H19NO6. The maximum atomic E-state index is 11.5. The molecule has 1 aromatic rings. The minimum atomic E-state index is -1.18. The predicted octanol–water partition coefficient (Wildman–Crippen LogP) is 1.32. The number of ether oxygens (including phenoxy) is 3. The van der Waals surface area contributed by atoms with Crippen LogP contribution in [0.3, 0.4) is 0 Å². The summed E-state index contributed by atoms with van der Waals surface area (Å²) in [5, 5.41) is 9.43. The SMILES string of the molecule is COc1cc(OC)c(C(C(=O)O)N(C)C(C)=O)cc1OC. The number of carbonyl (C=O) groups excluding carboxylic acids is 1. The summed E-state index contributed by atoms with van der Waals surface area (Å²) < 4.78 is 15.5. The summed E-state index contributed by atoms with van der Waals surface area (Å²) in [6.45, 7) is 1.29. The maximum Gasteiger partial charge on any atom is 0.331 e. The van der Waals surface area contributed by atoms with E-state index in [4.69, 9.17) is 14.2 Å². The molecule has 0 radical (unpaired) electrons. The van der Waals surface area contributed by atoms with Crippen molar-refractivity contribution in [3.63, 3.8) is 0 Å². The second-order valence-electron chi connectivity index (χ2n) is 4.32. The van der Waals surface area contributed by atoms with Gasteiger partial charge in [-0.3, -0.25) is 4.79 Å². The van der Waals surface area contributed by atoms with Crippen molar-refractivity contribution in [2.45, 2.75) is 13.0 Å². The van der Waals surface area contributed by atoms with Crippen molar-refractivity contribution in [3.8, 4) is 17.2 Å². The number of methoxy groups -OCH3 is 3. The Morgan fingerprint density at radius 2 is 1.52 bits per heavy atom. The van der Waals surface area contributed by atoms with Gasteiger partial charge in [0.15, 0.2) is 17.5 Å². The van der Waals surface area contributed by atoms with E-state index in [1.54, 1.807) is 0 Å². The van der Waals surface area contributed by atoms with Gasteiger partial charge in [-0.2, -0.15) is 0 Å². The first-order chi connectivity index (χ1) is 9.87. The highest BCUT2D eigenvalue weighted by Gasteiger charge is 2.30. The van der Waals surface area contributed by atoms with E-state index >= 15 is 0 Å². The lowest BCUT2D eigenvalue weighted by atomic mass is 10.0. The number of carboxylic acids is 1. The van der Waals surface area contributed by atoms with Gasteiger partial charge < -0.3 is 24.2 Å². The highest BCUT2D eigenvalue weighted by Crippen LogP contribution is 2.39. The van der Waals surface area contributed by atoms with E-state index in [1.165, 1.54) is 47.4 Å². The van der Waals surface area contributed by atoms with Crippen molar-refractivity contribution in [1.29, 1.82) is 0 Å². The third-order valence-corrected chi connectivity index (χ3v) is 3.15. The Morgan fingerprint density at radius 1 is 1.05 bits per heavy atom. The first kappa shape index (κ1) is 16.6. The van der Waals surface area contributed by atoms with Crippen LogP contribution < -0.4 is 14.2 Å². The molecule has 0 aliphatic carbocycles. The van der Waals surface area contributed by atoms with Crippen molar-refractivity contribution in [3.05, 3.63) is 17.7 Å². The molecule has 0 spiro atoms. The number of rotatable bonds is 6. The molecule has 0 aliphatic rings. The molecule has 0 saturated carbocycles. The summed E-state index contributed by atoms with van der Waals surface area (Å²) in [6.07, 6.45) is 0. The van der Waals surface area contributed by atoms with Crippen LogP contribution in [0.1, 0.15) is 18.5 Å². The number of nitrogens with zero attached hydrogens (tertiary/aromatic N) is 1. The summed E-state index contributed by atoms with van der Waals surface area (Å²) in [4.78, 5) is 24.2. The highest BCUT2D eigenvalue weighted by atomic mass is 16.5. The van der Waals surface area contributed by atoms with Crippen LogP contribution in [-0.2, 0) is 9.59 Å². The Morgan fingerprint density at radius 3 is 1.90 bits per heavy atom. The molecule has 1 aromatic carbocycles. The molecule has 1 rings (SSSR count). The number of hydrogen-bond donors (Lipinski definition) is 1. The van der Waals surface area contributed by atoms with E-state index in [0.29, 0.717) is 22.8 Å². The van der Waals surface area contributed by atoms with Gasteiger partial charge in [0.05, 0.1) is 21.3 Å². The van der Waals surface area contributed by atoms with Crippen molar-refractivity contribution in [2.24, 2.45) is 0 Å². The molecule has 1 N–H and O–H groups in total. The Balaban J connectivity index is 3.49. The van der Waals surface area contributed by atoms with Gasteiger partial charge in [-0.05, 0) is 6.07 Å². The summed E-state index contributed by atoms with van der Waals surface area (Å²) in [5.41, 5.74) is 0.306. The number of hydrogen-bond acceptors (Lipinski definition) is 5. The van der Waals surface area contributed by atoms with Crippen LogP contribution in [0.4, 0.5) is 0 Å². The van der Waals surface area contributed by atoms with Gasteiger partial charge in [0.2, 0.25) is 5.91 Å². The van der Waals surface area contributed by atoms with Gasteiger partial charge in [-0.15, -0.1) is 0 Å². The minimum Gasteiger partial charge on any atom is -0.496 e. The molecule has 7 nitrogen and oxygen atoms in total. The number of carboxylic acid groups (broad SMARTS) is 1. The Hall–Kier alpha value is -2.44. The smallest absolute Gasteiger partial charge is 0.331 e. The van der Waals surface area contributed by atoms with E-state index < -0.39 is 12.0 Å². The molecule has 0 saturated heterocycles. The van der Waals surface area contributed by atoms with Crippen LogP contribution in [0.5, 0.6) is 17.2 Å². The van der Waals surface area contributed by atoms with Crippen molar-refractivity contribution in [2.75, 3.05) is 28.4 Å². The van der Waals surface area contributed by atoms with Crippen LogP contribution in [0.2, 0.25) is 0 Å². The zero-order valence-corrected chi connectivity index (χ0v) is 12.7. The summed E-state index contributed by atoms with van der Waals surface area (Å²) in [7, 11) is 5.74. The number of aliphatic carboxylic acids is 1. The average Bonchev–Trinajstić information content (AvgIpc) is 2.46. The molecule has 1 atom stereocenters. The van der Waals surface area contributed by atoms with Crippen LogP contribution in [-0.4, -0.2) is 50.3 Å². The standard InChI is InChI=1S/C14H19NO6/c1-8(16)15(2)13(14(17)18)9-6-11(20-4)12(21-5)7-10(9)19-3/h6-7,13H,1-5H3,(H,17,18). The second-order valence-corrected chi connectivity index (χ2v) is 4.32.